The summed E-state index contributed by atoms with van der Waals surface area (Å²) >= 11 is 0. The Morgan fingerprint density at radius 1 is 0.400 bits per heavy atom. The molecule has 0 aromatic heterocycles. The molecule has 0 aromatic rings. The Morgan fingerprint density at radius 3 is 1.30 bits per heavy atom. The molecule has 0 nitrogen and oxygen atoms in total. The highest BCUT2D eigenvalue weighted by molar-refractivity contribution is 7.75. The van der Waals surface area contributed by atoms with E-state index in [1.807, 2.05) is 0 Å². The van der Waals surface area contributed by atoms with E-state index in [-0.39, 0.29) is 0 Å². The number of rotatable bonds is 15. The summed E-state index contributed by atoms with van der Waals surface area (Å²) in [6.45, 7) is 9.47. The average Bonchev–Trinajstić information content (AvgIpc) is 2.44. The fourth-order valence-corrected chi connectivity index (χ4v) is 8.57. The Labute approximate surface area is 130 Å². The lowest BCUT2D eigenvalue weighted by Crippen LogP contribution is -2.12. The second kappa shape index (κ2) is 14.4. The molecule has 0 saturated heterocycles. The molecule has 0 unspecified atom stereocenters. The predicted octanol–water partition coefficient (Wildman–Crippen LogP) is 7.37. The van der Waals surface area contributed by atoms with Crippen molar-refractivity contribution in [1.29, 1.82) is 0 Å². The van der Waals surface area contributed by atoms with Crippen LogP contribution in [0.25, 0.3) is 0 Å². The molecule has 0 N–H and O–H groups in total. The van der Waals surface area contributed by atoms with Gasteiger partial charge in [0.05, 0.1) is 24.6 Å². The molecule has 0 aliphatic rings. The minimum absolute atomic E-state index is 0.581. The second-order valence-electron chi connectivity index (χ2n) is 6.71. The van der Waals surface area contributed by atoms with Crippen molar-refractivity contribution in [2.45, 2.75) is 98.3 Å². The van der Waals surface area contributed by atoms with Gasteiger partial charge in [-0.05, 0) is 32.1 Å². The van der Waals surface area contributed by atoms with Crippen molar-refractivity contribution in [3.63, 3.8) is 0 Å². The first-order chi connectivity index (χ1) is 9.74. The molecule has 0 aromatic carbocycles. The van der Waals surface area contributed by atoms with E-state index < -0.39 is 7.26 Å². The van der Waals surface area contributed by atoms with Crippen LogP contribution < -0.4 is 0 Å². The van der Waals surface area contributed by atoms with E-state index in [1.54, 1.807) is 24.6 Å². The third-order valence-corrected chi connectivity index (χ3v) is 9.94. The number of unbranched alkanes of at least 4 members (excludes halogenated alkanes) is 7. The zero-order valence-corrected chi connectivity index (χ0v) is 15.9. The lowest BCUT2D eigenvalue weighted by molar-refractivity contribution is 0.624. The van der Waals surface area contributed by atoms with Crippen molar-refractivity contribution in [3.8, 4) is 0 Å². The van der Waals surface area contributed by atoms with Crippen molar-refractivity contribution in [1.82, 2.24) is 0 Å². The van der Waals surface area contributed by atoms with Crippen LogP contribution in [0.4, 0.5) is 0 Å². The van der Waals surface area contributed by atoms with Gasteiger partial charge in [0.2, 0.25) is 0 Å². The van der Waals surface area contributed by atoms with Gasteiger partial charge in [-0.3, -0.25) is 0 Å². The number of hydrogen-bond acceptors (Lipinski definition) is 0. The fourth-order valence-electron chi connectivity index (χ4n) is 3.54. The molecule has 122 valence electrons. The molecule has 0 bridgehead atoms. The van der Waals surface area contributed by atoms with Gasteiger partial charge in [0.25, 0.3) is 0 Å². The molecule has 1 heteroatoms. The van der Waals surface area contributed by atoms with Crippen LogP contribution >= 0.6 is 7.26 Å². The summed E-state index contributed by atoms with van der Waals surface area (Å²) in [5, 5.41) is 0. The highest BCUT2D eigenvalue weighted by Crippen LogP contribution is 2.61. The maximum Gasteiger partial charge on any atom is 0.0594 e. The van der Waals surface area contributed by atoms with Gasteiger partial charge in [-0.15, -0.1) is 0 Å². The maximum absolute atomic E-state index is 2.41. The summed E-state index contributed by atoms with van der Waals surface area (Å²) in [7, 11) is -0.581. The summed E-state index contributed by atoms with van der Waals surface area (Å²) in [5.41, 5.74) is 0. The highest BCUT2D eigenvalue weighted by Gasteiger charge is 2.33. The Morgan fingerprint density at radius 2 is 0.800 bits per heavy atom. The van der Waals surface area contributed by atoms with Crippen LogP contribution in [0.5, 0.6) is 0 Å². The SMILES string of the molecule is CCCCCCCC[P+](CCC)(CCC)CCCCC. The molecular formula is C19H42P+. The normalized spacial score (nSPS) is 12.0. The van der Waals surface area contributed by atoms with Crippen molar-refractivity contribution >= 4 is 7.26 Å². The van der Waals surface area contributed by atoms with Gasteiger partial charge in [-0.2, -0.15) is 0 Å². The molecule has 0 aliphatic heterocycles. The molecule has 0 aliphatic carbocycles. The van der Waals surface area contributed by atoms with E-state index in [0.29, 0.717) is 0 Å². The average molecular weight is 302 g/mol. The largest absolute Gasteiger partial charge is 0.0654 e. The Balaban J connectivity index is 4.12. The first kappa shape index (κ1) is 20.4. The fraction of sp³-hybridized carbons (Fsp3) is 1.00. The summed E-state index contributed by atoms with van der Waals surface area (Å²) < 4.78 is 0. The van der Waals surface area contributed by atoms with Gasteiger partial charge < -0.3 is 0 Å². The molecular weight excluding hydrogens is 259 g/mol. The van der Waals surface area contributed by atoms with E-state index in [4.69, 9.17) is 0 Å². The van der Waals surface area contributed by atoms with Gasteiger partial charge in [0.15, 0.2) is 0 Å². The zero-order valence-electron chi connectivity index (χ0n) is 15.1. The molecule has 0 amide bonds. The van der Waals surface area contributed by atoms with Crippen LogP contribution in [-0.2, 0) is 0 Å². The Kier molecular flexibility index (Phi) is 14.7. The summed E-state index contributed by atoms with van der Waals surface area (Å²) in [6, 6.07) is 0. The summed E-state index contributed by atoms with van der Waals surface area (Å²) in [6.07, 6.45) is 22.4. The van der Waals surface area contributed by atoms with Crippen molar-refractivity contribution in [3.05, 3.63) is 0 Å². The van der Waals surface area contributed by atoms with E-state index >= 15 is 0 Å². The smallest absolute Gasteiger partial charge is 0.0594 e. The van der Waals surface area contributed by atoms with Gasteiger partial charge in [-0.1, -0.05) is 66.2 Å². The number of hydrogen-bond donors (Lipinski definition) is 0. The third-order valence-electron chi connectivity index (χ3n) is 4.62. The second-order valence-corrected chi connectivity index (χ2v) is 11.2. The van der Waals surface area contributed by atoms with Crippen LogP contribution in [0.1, 0.15) is 98.3 Å². The van der Waals surface area contributed by atoms with Crippen molar-refractivity contribution in [2.75, 3.05) is 24.6 Å². The van der Waals surface area contributed by atoms with Crippen LogP contribution in [0.15, 0.2) is 0 Å². The molecule has 0 saturated carbocycles. The van der Waals surface area contributed by atoms with E-state index in [2.05, 4.69) is 27.7 Å². The third kappa shape index (κ3) is 10.2. The molecule has 0 rings (SSSR count). The molecule has 0 radical (unpaired) electrons. The van der Waals surface area contributed by atoms with Crippen LogP contribution in [-0.4, -0.2) is 24.6 Å². The van der Waals surface area contributed by atoms with Crippen molar-refractivity contribution in [2.24, 2.45) is 0 Å². The molecule has 0 atom stereocenters. The van der Waals surface area contributed by atoms with Crippen LogP contribution in [0.3, 0.4) is 0 Å². The Bertz CT molecular complexity index is 182. The zero-order chi connectivity index (χ0) is 15.1. The van der Waals surface area contributed by atoms with E-state index in [1.165, 1.54) is 70.6 Å². The summed E-state index contributed by atoms with van der Waals surface area (Å²) in [5.74, 6) is 0. The lowest BCUT2D eigenvalue weighted by atomic mass is 10.1. The first-order valence-corrected chi connectivity index (χ1v) is 12.1. The minimum atomic E-state index is -0.581. The maximum atomic E-state index is 2.41. The van der Waals surface area contributed by atoms with E-state index in [0.717, 1.165) is 0 Å². The monoisotopic (exact) mass is 301 g/mol. The first-order valence-electron chi connectivity index (χ1n) is 9.59. The van der Waals surface area contributed by atoms with Crippen LogP contribution in [0.2, 0.25) is 0 Å². The Hall–Kier alpha value is 0.430. The highest BCUT2D eigenvalue weighted by atomic mass is 31.2. The van der Waals surface area contributed by atoms with Crippen molar-refractivity contribution < 1.29 is 0 Å². The van der Waals surface area contributed by atoms with Gasteiger partial charge in [-0.25, -0.2) is 0 Å². The van der Waals surface area contributed by atoms with Gasteiger partial charge in [0.1, 0.15) is 0 Å². The van der Waals surface area contributed by atoms with Gasteiger partial charge in [0, 0.05) is 7.26 Å². The quantitative estimate of drug-likeness (QED) is 0.219. The predicted molar refractivity (Wildman–Crippen MR) is 99.9 cm³/mol. The van der Waals surface area contributed by atoms with Gasteiger partial charge >= 0.3 is 0 Å². The molecule has 20 heavy (non-hydrogen) atoms. The van der Waals surface area contributed by atoms with Crippen LogP contribution in [0, 0.1) is 0 Å². The molecule has 0 spiro atoms. The molecule has 0 heterocycles. The topological polar surface area (TPSA) is 0 Å². The summed E-state index contributed by atoms with van der Waals surface area (Å²) in [4.78, 5) is 0. The standard InChI is InChI=1S/C19H42P/c1-5-9-11-12-13-15-19-20(16-7-3,17-8-4)18-14-10-6-2/h5-19H2,1-4H3/q+1. The lowest BCUT2D eigenvalue weighted by Gasteiger charge is -2.27. The minimum Gasteiger partial charge on any atom is -0.0654 e. The molecule has 0 fully saturated rings. The van der Waals surface area contributed by atoms with E-state index in [9.17, 15) is 0 Å².